The predicted molar refractivity (Wildman–Crippen MR) is 220 cm³/mol. The van der Waals surface area contributed by atoms with E-state index >= 15 is 13.6 Å². The van der Waals surface area contributed by atoms with E-state index in [9.17, 15) is 35.9 Å². The molecule has 0 spiro atoms. The lowest BCUT2D eigenvalue weighted by molar-refractivity contribution is -0.123. The number of anilines is 1. The molecule has 1 saturated carbocycles. The molecule has 1 amide bonds. The molecule has 0 unspecified atom stereocenters. The molecule has 2 aliphatic rings. The SMILES string of the molecule is Cc1cc(-c2ccc3c(=O)n(-c4ccc(Cl)c5c(NS(C)(=O)=O)nn(C)c45)c([C@H](Cc4cc(F)cc(F)c4)NC(=O)Cn4nc(C(F)F)c5c4C(F)(F)[C@@H]4C[C@H]54)nc3c2)nc(CO)n1. The number of amides is 1. The van der Waals surface area contributed by atoms with Gasteiger partial charge >= 0.3 is 0 Å². The number of carbonyl (C=O) groups excluding carboxylic acids is 1. The van der Waals surface area contributed by atoms with Crippen molar-refractivity contribution in [2.24, 2.45) is 13.0 Å². The molecule has 1 fully saturated rings. The molecule has 3 N–H and O–H groups in total. The maximum absolute atomic E-state index is 15.6. The summed E-state index contributed by atoms with van der Waals surface area (Å²) in [5.74, 6) is -9.09. The van der Waals surface area contributed by atoms with Crippen LogP contribution in [0.1, 0.15) is 64.7 Å². The van der Waals surface area contributed by atoms with E-state index in [0.717, 1.165) is 23.0 Å². The first-order valence-electron chi connectivity index (χ1n) is 19.4. The van der Waals surface area contributed by atoms with E-state index in [2.05, 4.69) is 30.2 Å². The Morgan fingerprint density at radius 2 is 1.77 bits per heavy atom. The Bertz CT molecular complexity index is 3270. The fourth-order valence-electron chi connectivity index (χ4n) is 8.59. The summed E-state index contributed by atoms with van der Waals surface area (Å²) in [6.07, 6.45) is -2.84. The van der Waals surface area contributed by atoms with Crippen LogP contribution in [-0.2, 0) is 47.4 Å². The molecule has 3 atom stereocenters. The Balaban J connectivity index is 1.27. The number of aromatic nitrogens is 8. The second kappa shape index (κ2) is 15.4. The van der Waals surface area contributed by atoms with Crippen LogP contribution in [0.4, 0.5) is 32.2 Å². The Hall–Kier alpha value is -6.39. The van der Waals surface area contributed by atoms with Crippen LogP contribution in [0.25, 0.3) is 38.8 Å². The van der Waals surface area contributed by atoms with Crippen molar-refractivity contribution in [1.29, 1.82) is 0 Å². The number of sulfonamides is 1. The molecule has 4 heterocycles. The number of halogens is 7. The first-order valence-corrected chi connectivity index (χ1v) is 21.7. The quantitative estimate of drug-likeness (QED) is 0.118. The van der Waals surface area contributed by atoms with E-state index in [-0.39, 0.29) is 67.5 Å². The summed E-state index contributed by atoms with van der Waals surface area (Å²) in [5, 5.41) is 20.5. The van der Waals surface area contributed by atoms with E-state index in [1.807, 2.05) is 0 Å². The van der Waals surface area contributed by atoms with Gasteiger partial charge in [-0.3, -0.25) is 28.2 Å². The van der Waals surface area contributed by atoms with Gasteiger partial charge in [-0.2, -0.15) is 19.0 Å². The number of carbonyl (C=O) groups is 1. The Morgan fingerprint density at radius 1 is 1.03 bits per heavy atom. The Kier molecular flexibility index (Phi) is 10.3. The average molecular weight is 927 g/mol. The molecule has 332 valence electrons. The summed E-state index contributed by atoms with van der Waals surface area (Å²) >= 11 is 6.63. The van der Waals surface area contributed by atoms with Gasteiger partial charge in [-0.15, -0.1) is 0 Å². The molecule has 0 radical (unpaired) electrons. The number of nitrogens with one attached hydrogen (secondary N) is 2. The highest BCUT2D eigenvalue weighted by Gasteiger charge is 2.67. The number of hydrogen-bond donors (Lipinski definition) is 3. The van der Waals surface area contributed by atoms with E-state index < -0.39 is 94.3 Å². The van der Waals surface area contributed by atoms with Crippen molar-refractivity contribution < 1.29 is 44.7 Å². The van der Waals surface area contributed by atoms with E-state index in [0.29, 0.717) is 27.7 Å². The van der Waals surface area contributed by atoms with Gasteiger partial charge in [0.25, 0.3) is 17.9 Å². The molecular weight excluding hydrogens is 894 g/mol. The molecule has 15 nitrogen and oxygen atoms in total. The van der Waals surface area contributed by atoms with Gasteiger partial charge in [-0.25, -0.2) is 40.9 Å². The lowest BCUT2D eigenvalue weighted by Crippen LogP contribution is -2.38. The third-order valence-electron chi connectivity index (χ3n) is 11.1. The third-order valence-corrected chi connectivity index (χ3v) is 12.0. The minimum Gasteiger partial charge on any atom is -0.388 e. The Labute approximate surface area is 362 Å². The van der Waals surface area contributed by atoms with Crippen LogP contribution < -0.4 is 15.6 Å². The molecule has 23 heteroatoms. The standard InChI is InChI=1S/C41H33ClF6N10O5S/c1-17-8-26(50-30(16-59)49-17)19-4-5-22-27(12-19)52-39(58(40(22)61)29-7-6-25(42)33-35(29)56(2)54-38(33)55-64(3,62)63)28(11-18-9-20(43)13-21(44)10-18)51-31(60)15-57-36-32(34(53-57)37(45)46)23-14-24(23)41(36,47)48/h4-10,12-13,23-24,28,37,59H,11,14-16H2,1-3H3,(H,51,60)(H,54,55)/t23-,24+,28-/m0/s1. The second-order valence-corrected chi connectivity index (χ2v) is 17.9. The largest absolute Gasteiger partial charge is 0.388 e. The highest BCUT2D eigenvalue weighted by atomic mass is 35.5. The van der Waals surface area contributed by atoms with Gasteiger partial charge in [0.2, 0.25) is 15.9 Å². The molecule has 64 heavy (non-hydrogen) atoms. The van der Waals surface area contributed by atoms with Gasteiger partial charge < -0.3 is 10.4 Å². The third kappa shape index (κ3) is 7.51. The Morgan fingerprint density at radius 3 is 2.45 bits per heavy atom. The van der Waals surface area contributed by atoms with E-state index in [1.54, 1.807) is 19.1 Å². The maximum atomic E-state index is 15.6. The second-order valence-electron chi connectivity index (χ2n) is 15.7. The number of aliphatic hydroxyl groups is 1. The zero-order chi connectivity index (χ0) is 45.7. The highest BCUT2D eigenvalue weighted by Crippen LogP contribution is 2.68. The zero-order valence-corrected chi connectivity index (χ0v) is 35.1. The molecule has 0 bridgehead atoms. The molecular formula is C41H33ClF6N10O5S. The van der Waals surface area contributed by atoms with Crippen LogP contribution in [0.3, 0.4) is 0 Å². The topological polar surface area (TPSA) is 192 Å². The van der Waals surface area contributed by atoms with Crippen LogP contribution in [0.15, 0.2) is 59.4 Å². The van der Waals surface area contributed by atoms with Crippen molar-refractivity contribution in [3.63, 3.8) is 0 Å². The molecule has 0 saturated heterocycles. The van der Waals surface area contributed by atoms with Gasteiger partial charge in [0.05, 0.1) is 50.5 Å². The summed E-state index contributed by atoms with van der Waals surface area (Å²) in [5.41, 5.74) is -1.46. The fraction of sp³-hybridized carbons (Fsp3) is 0.293. The van der Waals surface area contributed by atoms with Gasteiger partial charge in [0.1, 0.15) is 42.0 Å². The van der Waals surface area contributed by atoms with Gasteiger partial charge in [0, 0.05) is 42.3 Å². The van der Waals surface area contributed by atoms with Crippen molar-refractivity contribution in [2.75, 3.05) is 11.0 Å². The van der Waals surface area contributed by atoms with Gasteiger partial charge in [0.15, 0.2) is 11.6 Å². The summed E-state index contributed by atoms with van der Waals surface area (Å²) in [6.45, 7) is 0.195. The average Bonchev–Trinajstić information content (AvgIpc) is 3.75. The molecule has 7 aromatic rings. The van der Waals surface area contributed by atoms with Crippen LogP contribution >= 0.6 is 11.6 Å². The lowest BCUT2D eigenvalue weighted by atomic mass is 10.0. The highest BCUT2D eigenvalue weighted by molar-refractivity contribution is 7.92. The summed E-state index contributed by atoms with van der Waals surface area (Å²) in [4.78, 5) is 42.7. The lowest BCUT2D eigenvalue weighted by Gasteiger charge is -2.24. The minimum atomic E-state index is -3.93. The maximum Gasteiger partial charge on any atom is 0.293 e. The normalized spacial score (nSPS) is 16.9. The minimum absolute atomic E-state index is 0.00489. The number of fused-ring (bicyclic) bond motifs is 5. The first kappa shape index (κ1) is 42.9. The van der Waals surface area contributed by atoms with Crippen molar-refractivity contribution in [2.45, 2.75) is 57.2 Å². The van der Waals surface area contributed by atoms with Crippen molar-refractivity contribution in [3.05, 3.63) is 121 Å². The van der Waals surface area contributed by atoms with E-state index in [4.69, 9.17) is 16.6 Å². The van der Waals surface area contributed by atoms with Crippen LogP contribution in [-0.4, -0.2) is 64.8 Å². The number of benzene rings is 3. The summed E-state index contributed by atoms with van der Waals surface area (Å²) in [7, 11) is -2.49. The van der Waals surface area contributed by atoms with Gasteiger partial charge in [-0.05, 0) is 67.3 Å². The number of alkyl halides is 4. The number of aliphatic hydroxyl groups excluding tert-OH is 1. The summed E-state index contributed by atoms with van der Waals surface area (Å²) < 4.78 is 119. The van der Waals surface area contributed by atoms with Crippen LogP contribution in [0.2, 0.25) is 5.02 Å². The van der Waals surface area contributed by atoms with Crippen molar-refractivity contribution in [1.82, 2.24) is 44.4 Å². The number of rotatable bonds is 12. The van der Waals surface area contributed by atoms with E-state index in [1.165, 1.54) is 36.0 Å². The van der Waals surface area contributed by atoms with Crippen molar-refractivity contribution >= 4 is 55.2 Å². The molecule has 9 rings (SSSR count). The molecule has 3 aromatic carbocycles. The van der Waals surface area contributed by atoms with Crippen LogP contribution in [0, 0.1) is 24.5 Å². The summed E-state index contributed by atoms with van der Waals surface area (Å²) in [6, 6.07) is 9.87. The number of nitrogens with zero attached hydrogens (tertiary/aromatic N) is 8. The molecule has 4 aromatic heterocycles. The molecule has 2 aliphatic carbocycles. The first-order chi connectivity index (χ1) is 30.2. The fourth-order valence-corrected chi connectivity index (χ4v) is 9.32. The smallest absolute Gasteiger partial charge is 0.293 e. The van der Waals surface area contributed by atoms with Crippen molar-refractivity contribution in [3.8, 4) is 16.9 Å². The van der Waals surface area contributed by atoms with Crippen LogP contribution in [0.5, 0.6) is 0 Å². The number of aryl methyl sites for hydroxylation is 2. The number of hydrogen-bond acceptors (Lipinski definition) is 10. The van der Waals surface area contributed by atoms with Gasteiger partial charge in [-0.1, -0.05) is 17.7 Å². The zero-order valence-electron chi connectivity index (χ0n) is 33.5. The predicted octanol–water partition coefficient (Wildman–Crippen LogP) is 6.28. The molecule has 0 aliphatic heterocycles. The monoisotopic (exact) mass is 926 g/mol.